The Morgan fingerprint density at radius 3 is 2.76 bits per heavy atom. The fourth-order valence-electron chi connectivity index (χ4n) is 1.84. The van der Waals surface area contributed by atoms with Gasteiger partial charge in [0.15, 0.2) is 0 Å². The summed E-state index contributed by atoms with van der Waals surface area (Å²) < 4.78 is 9.42. The molecular formula is C12H18O5. The standard InChI is InChI=1S/C12H18O5/c1-12(10(13)14)7-3-5-9(6-4-8-12)17-11(15)16-2/h3,5,9H,4,6-8H2,1-2H3,(H,13,14)/b5-3+. The summed E-state index contributed by atoms with van der Waals surface area (Å²) in [4.78, 5) is 22.0. The van der Waals surface area contributed by atoms with Crippen LogP contribution in [0.2, 0.25) is 0 Å². The lowest BCUT2D eigenvalue weighted by Crippen LogP contribution is -2.29. The van der Waals surface area contributed by atoms with Gasteiger partial charge in [-0.2, -0.15) is 0 Å². The van der Waals surface area contributed by atoms with Crippen LogP contribution in [-0.2, 0) is 14.3 Å². The summed E-state index contributed by atoms with van der Waals surface area (Å²) in [5.74, 6) is -0.783. The first-order valence-electron chi connectivity index (χ1n) is 5.62. The van der Waals surface area contributed by atoms with Crippen LogP contribution in [0.15, 0.2) is 12.2 Å². The van der Waals surface area contributed by atoms with Gasteiger partial charge in [-0.1, -0.05) is 6.08 Å². The lowest BCUT2D eigenvalue weighted by molar-refractivity contribution is -0.148. The van der Waals surface area contributed by atoms with E-state index in [1.807, 2.05) is 0 Å². The smallest absolute Gasteiger partial charge is 0.481 e. The molecule has 0 aliphatic heterocycles. The maximum absolute atomic E-state index is 11.1. The molecule has 0 aromatic heterocycles. The van der Waals surface area contributed by atoms with Crippen molar-refractivity contribution in [2.45, 2.75) is 38.7 Å². The van der Waals surface area contributed by atoms with Crippen molar-refractivity contribution in [3.05, 3.63) is 12.2 Å². The minimum atomic E-state index is -0.783. The lowest BCUT2D eigenvalue weighted by Gasteiger charge is -2.26. The molecule has 0 radical (unpaired) electrons. The van der Waals surface area contributed by atoms with Crippen molar-refractivity contribution in [1.29, 1.82) is 0 Å². The van der Waals surface area contributed by atoms with Gasteiger partial charge in [0.25, 0.3) is 0 Å². The van der Waals surface area contributed by atoms with Crippen molar-refractivity contribution in [1.82, 2.24) is 0 Å². The first-order chi connectivity index (χ1) is 7.98. The number of hydrogen-bond acceptors (Lipinski definition) is 4. The summed E-state index contributed by atoms with van der Waals surface area (Å²) in [6.07, 6.45) is 4.82. The topological polar surface area (TPSA) is 72.8 Å². The molecule has 17 heavy (non-hydrogen) atoms. The zero-order valence-corrected chi connectivity index (χ0v) is 10.1. The Labute approximate surface area is 100 Å². The van der Waals surface area contributed by atoms with Crippen molar-refractivity contribution in [2.75, 3.05) is 7.11 Å². The monoisotopic (exact) mass is 242 g/mol. The molecule has 5 nitrogen and oxygen atoms in total. The van der Waals surface area contributed by atoms with E-state index in [-0.39, 0.29) is 6.10 Å². The number of carboxylic acid groups (broad SMARTS) is 1. The molecule has 0 fully saturated rings. The van der Waals surface area contributed by atoms with E-state index in [0.29, 0.717) is 25.7 Å². The number of carboxylic acids is 1. The zero-order chi connectivity index (χ0) is 12.9. The van der Waals surface area contributed by atoms with E-state index < -0.39 is 17.5 Å². The molecule has 0 heterocycles. The van der Waals surface area contributed by atoms with Crippen LogP contribution in [-0.4, -0.2) is 30.4 Å². The van der Waals surface area contributed by atoms with Crippen molar-refractivity contribution in [2.24, 2.45) is 5.41 Å². The Hall–Kier alpha value is -1.52. The average Bonchev–Trinajstić information content (AvgIpc) is 2.25. The summed E-state index contributed by atoms with van der Waals surface area (Å²) in [5, 5.41) is 9.12. The summed E-state index contributed by atoms with van der Waals surface area (Å²) in [7, 11) is 1.26. The second-order valence-electron chi connectivity index (χ2n) is 4.50. The van der Waals surface area contributed by atoms with Crippen LogP contribution < -0.4 is 0 Å². The van der Waals surface area contributed by atoms with Crippen molar-refractivity contribution < 1.29 is 24.2 Å². The van der Waals surface area contributed by atoms with Crippen LogP contribution in [0.25, 0.3) is 0 Å². The van der Waals surface area contributed by atoms with Gasteiger partial charge in [-0.25, -0.2) is 4.79 Å². The molecule has 2 unspecified atom stereocenters. The van der Waals surface area contributed by atoms with Gasteiger partial charge in [0, 0.05) is 0 Å². The van der Waals surface area contributed by atoms with E-state index in [0.717, 1.165) is 0 Å². The highest BCUT2D eigenvalue weighted by Gasteiger charge is 2.32. The molecule has 0 amide bonds. The predicted octanol–water partition coefficient (Wildman–Crippen LogP) is 2.36. The molecule has 0 spiro atoms. The van der Waals surface area contributed by atoms with Crippen LogP contribution >= 0.6 is 0 Å². The number of ether oxygens (including phenoxy) is 2. The van der Waals surface area contributed by atoms with Gasteiger partial charge in [-0.15, -0.1) is 0 Å². The molecule has 5 heteroatoms. The number of carbonyl (C=O) groups excluding carboxylic acids is 1. The Morgan fingerprint density at radius 1 is 1.47 bits per heavy atom. The van der Waals surface area contributed by atoms with E-state index >= 15 is 0 Å². The third-order valence-corrected chi connectivity index (χ3v) is 3.07. The first kappa shape index (κ1) is 13.5. The summed E-state index contributed by atoms with van der Waals surface area (Å²) >= 11 is 0. The van der Waals surface area contributed by atoms with Crippen LogP contribution in [0.3, 0.4) is 0 Å². The Balaban J connectivity index is 2.61. The summed E-state index contributed by atoms with van der Waals surface area (Å²) in [5.41, 5.74) is -0.716. The number of allylic oxidation sites excluding steroid dienone is 1. The highest BCUT2D eigenvalue weighted by molar-refractivity contribution is 5.74. The molecule has 0 saturated carbocycles. The van der Waals surface area contributed by atoms with E-state index in [2.05, 4.69) is 4.74 Å². The highest BCUT2D eigenvalue weighted by Crippen LogP contribution is 2.31. The van der Waals surface area contributed by atoms with Gasteiger partial charge in [-0.3, -0.25) is 4.79 Å². The molecule has 0 aromatic rings. The Bertz CT molecular complexity index is 323. The third-order valence-electron chi connectivity index (χ3n) is 3.07. The quantitative estimate of drug-likeness (QED) is 0.594. The highest BCUT2D eigenvalue weighted by atomic mass is 16.7. The molecule has 1 aliphatic rings. The van der Waals surface area contributed by atoms with Crippen LogP contribution in [0.1, 0.15) is 32.6 Å². The molecule has 0 saturated heterocycles. The molecule has 0 aromatic carbocycles. The molecular weight excluding hydrogens is 224 g/mol. The van der Waals surface area contributed by atoms with Crippen molar-refractivity contribution in [3.63, 3.8) is 0 Å². The molecule has 1 N–H and O–H groups in total. The van der Waals surface area contributed by atoms with E-state index in [4.69, 9.17) is 9.84 Å². The summed E-state index contributed by atoms with van der Waals surface area (Å²) in [6.45, 7) is 1.74. The van der Waals surface area contributed by atoms with Gasteiger partial charge in [0.2, 0.25) is 0 Å². The number of hydrogen-bond donors (Lipinski definition) is 1. The Kier molecular flexibility index (Phi) is 4.54. The Morgan fingerprint density at radius 2 is 2.18 bits per heavy atom. The summed E-state index contributed by atoms with van der Waals surface area (Å²) in [6, 6.07) is 0. The maximum atomic E-state index is 11.1. The van der Waals surface area contributed by atoms with Crippen LogP contribution in [0.4, 0.5) is 4.79 Å². The second kappa shape index (κ2) is 5.70. The largest absolute Gasteiger partial charge is 0.508 e. The van der Waals surface area contributed by atoms with Crippen LogP contribution in [0.5, 0.6) is 0 Å². The van der Waals surface area contributed by atoms with E-state index in [1.165, 1.54) is 7.11 Å². The fourth-order valence-corrected chi connectivity index (χ4v) is 1.84. The van der Waals surface area contributed by atoms with E-state index in [9.17, 15) is 9.59 Å². The van der Waals surface area contributed by atoms with Gasteiger partial charge in [0.05, 0.1) is 12.5 Å². The van der Waals surface area contributed by atoms with Crippen LogP contribution in [0, 0.1) is 5.41 Å². The molecule has 1 rings (SSSR count). The van der Waals surface area contributed by atoms with Crippen molar-refractivity contribution in [3.8, 4) is 0 Å². The van der Waals surface area contributed by atoms with E-state index in [1.54, 1.807) is 19.1 Å². The normalized spacial score (nSPS) is 30.8. The lowest BCUT2D eigenvalue weighted by atomic mass is 9.80. The number of methoxy groups -OCH3 is 1. The SMILES string of the molecule is COC(=O)OC1/C=C/CC(C)(C(=O)O)CCC1. The number of carbonyl (C=O) groups is 2. The van der Waals surface area contributed by atoms with Gasteiger partial charge in [-0.05, 0) is 38.7 Å². The average molecular weight is 242 g/mol. The maximum Gasteiger partial charge on any atom is 0.508 e. The molecule has 2 atom stereocenters. The second-order valence-corrected chi connectivity index (χ2v) is 4.50. The zero-order valence-electron chi connectivity index (χ0n) is 10.1. The van der Waals surface area contributed by atoms with Crippen molar-refractivity contribution >= 4 is 12.1 Å². The third kappa shape index (κ3) is 3.76. The number of rotatable bonds is 2. The number of aliphatic carboxylic acids is 1. The first-order valence-corrected chi connectivity index (χ1v) is 5.62. The predicted molar refractivity (Wildman–Crippen MR) is 60.6 cm³/mol. The minimum Gasteiger partial charge on any atom is -0.481 e. The van der Waals surface area contributed by atoms with Gasteiger partial charge in [0.1, 0.15) is 6.10 Å². The van der Waals surface area contributed by atoms with Gasteiger partial charge < -0.3 is 14.6 Å². The van der Waals surface area contributed by atoms with Gasteiger partial charge >= 0.3 is 12.1 Å². The fraction of sp³-hybridized carbons (Fsp3) is 0.667. The molecule has 1 aliphatic carbocycles. The molecule has 96 valence electrons. The molecule has 0 bridgehead atoms. The minimum absolute atomic E-state index is 0.319.